The fourth-order valence-corrected chi connectivity index (χ4v) is 2.35. The molecule has 1 saturated carbocycles. The highest BCUT2D eigenvalue weighted by molar-refractivity contribution is 5.88. The van der Waals surface area contributed by atoms with Gasteiger partial charge in [0.15, 0.2) is 0 Å². The molecule has 112 valence electrons. The van der Waals surface area contributed by atoms with Crippen molar-refractivity contribution in [2.75, 3.05) is 5.43 Å². The summed E-state index contributed by atoms with van der Waals surface area (Å²) in [5.74, 6) is 0.350. The van der Waals surface area contributed by atoms with E-state index in [0.717, 1.165) is 37.5 Å². The van der Waals surface area contributed by atoms with Gasteiger partial charge in [0.25, 0.3) is 5.69 Å². The van der Waals surface area contributed by atoms with Crippen LogP contribution in [0.4, 0.5) is 17.1 Å². The highest BCUT2D eigenvalue weighted by Crippen LogP contribution is 2.29. The van der Waals surface area contributed by atoms with Crippen molar-refractivity contribution in [3.63, 3.8) is 0 Å². The summed E-state index contributed by atoms with van der Waals surface area (Å²) < 4.78 is 0. The number of hydrazone groups is 1. The minimum Gasteiger partial charge on any atom is -0.272 e. The summed E-state index contributed by atoms with van der Waals surface area (Å²) in [4.78, 5) is 20.4. The first-order chi connectivity index (χ1) is 9.99. The predicted octanol–water partition coefficient (Wildman–Crippen LogP) is 3.48. The summed E-state index contributed by atoms with van der Waals surface area (Å²) in [5.41, 5.74) is 3.16. The molecule has 1 fully saturated rings. The van der Waals surface area contributed by atoms with Crippen molar-refractivity contribution < 1.29 is 9.85 Å². The molecular formula is C13H16N4O4. The van der Waals surface area contributed by atoms with Gasteiger partial charge in [-0.3, -0.25) is 25.7 Å². The summed E-state index contributed by atoms with van der Waals surface area (Å²) in [5, 5.41) is 25.9. The smallest absolute Gasteiger partial charge is 0.272 e. The van der Waals surface area contributed by atoms with Crippen LogP contribution in [0.25, 0.3) is 0 Å². The van der Waals surface area contributed by atoms with Crippen molar-refractivity contribution in [2.24, 2.45) is 11.0 Å². The van der Waals surface area contributed by atoms with Crippen molar-refractivity contribution in [1.29, 1.82) is 0 Å². The normalized spacial score (nSPS) is 20.2. The highest BCUT2D eigenvalue weighted by atomic mass is 16.6. The predicted molar refractivity (Wildman–Crippen MR) is 78.4 cm³/mol. The second-order valence-electron chi connectivity index (χ2n) is 5.08. The van der Waals surface area contributed by atoms with E-state index in [0.29, 0.717) is 5.92 Å². The Morgan fingerprint density at radius 1 is 1.24 bits per heavy atom. The van der Waals surface area contributed by atoms with Crippen LogP contribution in [-0.4, -0.2) is 15.6 Å². The van der Waals surface area contributed by atoms with Crippen LogP contribution in [0.15, 0.2) is 23.3 Å². The number of nitrogens with zero attached hydrogens (tertiary/aromatic N) is 3. The van der Waals surface area contributed by atoms with Gasteiger partial charge in [-0.1, -0.05) is 13.3 Å². The second-order valence-corrected chi connectivity index (χ2v) is 5.08. The van der Waals surface area contributed by atoms with Crippen molar-refractivity contribution in [3.8, 4) is 0 Å². The van der Waals surface area contributed by atoms with E-state index in [2.05, 4.69) is 17.5 Å². The van der Waals surface area contributed by atoms with Crippen molar-refractivity contribution in [2.45, 2.75) is 32.6 Å². The zero-order valence-electron chi connectivity index (χ0n) is 11.6. The maximum Gasteiger partial charge on any atom is 0.301 e. The highest BCUT2D eigenvalue weighted by Gasteiger charge is 2.20. The lowest BCUT2D eigenvalue weighted by atomic mass is 9.89. The first-order valence-corrected chi connectivity index (χ1v) is 6.74. The molecule has 1 aromatic rings. The van der Waals surface area contributed by atoms with Crippen LogP contribution >= 0.6 is 0 Å². The van der Waals surface area contributed by atoms with E-state index in [1.54, 1.807) is 0 Å². The molecule has 8 heteroatoms. The van der Waals surface area contributed by atoms with E-state index in [1.807, 2.05) is 0 Å². The minimum absolute atomic E-state index is 0.163. The van der Waals surface area contributed by atoms with E-state index in [-0.39, 0.29) is 17.1 Å². The number of benzene rings is 1. The van der Waals surface area contributed by atoms with Gasteiger partial charge in [-0.05, 0) is 31.2 Å². The number of nitrogens with one attached hydrogen (secondary N) is 1. The first kappa shape index (κ1) is 14.9. The molecule has 0 amide bonds. The molecule has 0 bridgehead atoms. The lowest BCUT2D eigenvalue weighted by Gasteiger charge is -2.19. The quantitative estimate of drug-likeness (QED) is 0.674. The van der Waals surface area contributed by atoms with Gasteiger partial charge in [-0.25, -0.2) is 0 Å². The number of non-ortho nitro benzene ring substituents is 1. The van der Waals surface area contributed by atoms with E-state index in [9.17, 15) is 20.2 Å². The van der Waals surface area contributed by atoms with Crippen LogP contribution in [0.1, 0.15) is 32.6 Å². The molecule has 0 aromatic heterocycles. The van der Waals surface area contributed by atoms with Crippen molar-refractivity contribution in [3.05, 3.63) is 38.4 Å². The van der Waals surface area contributed by atoms with Gasteiger partial charge >= 0.3 is 5.69 Å². The monoisotopic (exact) mass is 292 g/mol. The van der Waals surface area contributed by atoms with E-state index >= 15 is 0 Å². The van der Waals surface area contributed by atoms with E-state index in [4.69, 9.17) is 0 Å². The molecule has 1 N–H and O–H groups in total. The third-order valence-electron chi connectivity index (χ3n) is 3.60. The maximum atomic E-state index is 11.0. The Balaban J connectivity index is 2.25. The number of anilines is 1. The summed E-state index contributed by atoms with van der Waals surface area (Å²) in [7, 11) is 0. The van der Waals surface area contributed by atoms with Gasteiger partial charge in [-0.2, -0.15) is 5.10 Å². The molecule has 1 atom stereocenters. The molecule has 8 nitrogen and oxygen atoms in total. The Labute approximate surface area is 121 Å². The number of nitro groups is 2. The second kappa shape index (κ2) is 6.29. The zero-order chi connectivity index (χ0) is 15.4. The third kappa shape index (κ3) is 3.53. The van der Waals surface area contributed by atoms with Gasteiger partial charge in [-0.15, -0.1) is 0 Å². The lowest BCUT2D eigenvalue weighted by Crippen LogP contribution is -2.17. The van der Waals surface area contributed by atoms with Gasteiger partial charge in [0.2, 0.25) is 0 Å². The van der Waals surface area contributed by atoms with Crippen LogP contribution < -0.4 is 5.43 Å². The Morgan fingerprint density at radius 3 is 2.62 bits per heavy atom. The fourth-order valence-electron chi connectivity index (χ4n) is 2.35. The molecule has 1 aliphatic rings. The fraction of sp³-hybridized carbons (Fsp3) is 0.462. The van der Waals surface area contributed by atoms with Crippen molar-refractivity contribution >= 4 is 22.8 Å². The average Bonchev–Trinajstić information content (AvgIpc) is 2.46. The minimum atomic E-state index is -0.661. The summed E-state index contributed by atoms with van der Waals surface area (Å²) in [6, 6.07) is 3.47. The van der Waals surface area contributed by atoms with Crippen LogP contribution in [0.3, 0.4) is 0 Å². The number of hydrogen-bond acceptors (Lipinski definition) is 6. The van der Waals surface area contributed by atoms with Gasteiger partial charge in [0.1, 0.15) is 5.69 Å². The van der Waals surface area contributed by atoms with Gasteiger partial charge in [0.05, 0.1) is 15.9 Å². The van der Waals surface area contributed by atoms with Crippen LogP contribution in [0.5, 0.6) is 0 Å². The molecule has 1 unspecified atom stereocenters. The summed E-state index contributed by atoms with van der Waals surface area (Å²) in [6.45, 7) is 2.07. The van der Waals surface area contributed by atoms with Gasteiger partial charge in [0, 0.05) is 11.8 Å². The first-order valence-electron chi connectivity index (χ1n) is 6.74. The molecule has 0 aliphatic heterocycles. The standard InChI is InChI=1S/C13H16N4O4/c1-9-4-2-3-5-11(9)14-15-12-7-6-10(16(18)19)8-13(12)17(20)21/h6-9,15H,2-5H2,1H3. The van der Waals surface area contributed by atoms with Crippen molar-refractivity contribution in [1.82, 2.24) is 0 Å². The van der Waals surface area contributed by atoms with Gasteiger partial charge < -0.3 is 0 Å². The number of nitro benzene ring substituents is 2. The van der Waals surface area contributed by atoms with Crippen LogP contribution in [-0.2, 0) is 0 Å². The molecule has 1 aromatic carbocycles. The lowest BCUT2D eigenvalue weighted by molar-refractivity contribution is -0.393. The Kier molecular flexibility index (Phi) is 4.46. The van der Waals surface area contributed by atoms with E-state index < -0.39 is 9.85 Å². The van der Waals surface area contributed by atoms with Crippen LogP contribution in [0.2, 0.25) is 0 Å². The Morgan fingerprint density at radius 2 is 2.00 bits per heavy atom. The number of hydrogen-bond donors (Lipinski definition) is 1. The molecule has 0 heterocycles. The molecule has 0 spiro atoms. The third-order valence-corrected chi connectivity index (χ3v) is 3.60. The SMILES string of the molecule is CC1CCCCC1=NNc1ccc([N+](=O)[O-])cc1[N+](=O)[O-]. The molecule has 21 heavy (non-hydrogen) atoms. The average molecular weight is 292 g/mol. The number of rotatable bonds is 4. The summed E-state index contributed by atoms with van der Waals surface area (Å²) in [6.07, 6.45) is 4.16. The zero-order valence-corrected chi connectivity index (χ0v) is 11.6. The Bertz CT molecular complexity index is 600. The molecule has 0 radical (unpaired) electrons. The Hall–Kier alpha value is -2.51. The molecule has 0 saturated heterocycles. The van der Waals surface area contributed by atoms with E-state index in [1.165, 1.54) is 12.1 Å². The molecular weight excluding hydrogens is 276 g/mol. The summed E-state index contributed by atoms with van der Waals surface area (Å²) >= 11 is 0. The maximum absolute atomic E-state index is 11.0. The topological polar surface area (TPSA) is 111 Å². The molecule has 1 aliphatic carbocycles. The molecule has 2 rings (SSSR count). The largest absolute Gasteiger partial charge is 0.301 e. The van der Waals surface area contributed by atoms with Crippen LogP contribution in [0, 0.1) is 26.1 Å².